The number of benzene rings is 1. The quantitative estimate of drug-likeness (QED) is 0.224. The molecule has 1 unspecified atom stereocenters. The third kappa shape index (κ3) is 4.26. The summed E-state index contributed by atoms with van der Waals surface area (Å²) in [4.78, 5) is 19.8. The maximum Gasteiger partial charge on any atom is 0.159 e. The molecule has 0 amide bonds. The van der Waals surface area contributed by atoms with Gasteiger partial charge in [0.15, 0.2) is 5.82 Å². The molecule has 2 aliphatic rings. The second-order valence-corrected chi connectivity index (χ2v) is 10.6. The number of fused-ring (bicyclic) bond motifs is 2. The van der Waals surface area contributed by atoms with E-state index in [1.807, 2.05) is 30.7 Å². The third-order valence-corrected chi connectivity index (χ3v) is 8.09. The van der Waals surface area contributed by atoms with E-state index >= 15 is 0 Å². The van der Waals surface area contributed by atoms with E-state index in [2.05, 4.69) is 47.5 Å². The van der Waals surface area contributed by atoms with Crippen LogP contribution in [0.15, 0.2) is 49.1 Å². The zero-order valence-electron chi connectivity index (χ0n) is 21.3. The average molecular weight is 509 g/mol. The van der Waals surface area contributed by atoms with E-state index in [0.29, 0.717) is 5.92 Å². The Morgan fingerprint density at radius 2 is 1.74 bits per heavy atom. The van der Waals surface area contributed by atoms with E-state index in [4.69, 9.17) is 4.98 Å². The van der Waals surface area contributed by atoms with Crippen LogP contribution in [0.2, 0.25) is 0 Å². The molecule has 5 heterocycles. The van der Waals surface area contributed by atoms with Crippen molar-refractivity contribution in [2.24, 2.45) is 5.92 Å². The summed E-state index contributed by atoms with van der Waals surface area (Å²) >= 11 is 0. The molecule has 9 heteroatoms. The monoisotopic (exact) mass is 508 g/mol. The number of rotatable bonds is 6. The summed E-state index contributed by atoms with van der Waals surface area (Å²) < 4.78 is 0. The Kier molecular flexibility index (Phi) is 5.92. The highest BCUT2D eigenvalue weighted by Gasteiger charge is 2.23. The topological polar surface area (TPSA) is 119 Å². The van der Waals surface area contributed by atoms with Gasteiger partial charge in [-0.2, -0.15) is 5.10 Å². The number of piperidine rings is 1. The van der Waals surface area contributed by atoms with Crippen LogP contribution < -0.4 is 10.2 Å². The second-order valence-electron chi connectivity index (χ2n) is 10.6. The van der Waals surface area contributed by atoms with E-state index in [1.54, 1.807) is 6.20 Å². The first-order chi connectivity index (χ1) is 18.7. The largest absolute Gasteiger partial charge is 0.374 e. The SMILES string of the molecule is OC(Nc1cncc(-c2ccc3[nH]nc(-c4nc5c(N6CCCCC6)cncc5[nH]4)c3c2)c1)C1CCCC1. The van der Waals surface area contributed by atoms with Gasteiger partial charge in [-0.05, 0) is 55.9 Å². The van der Waals surface area contributed by atoms with Crippen LogP contribution in [0, 0.1) is 5.92 Å². The van der Waals surface area contributed by atoms with Gasteiger partial charge in [0.2, 0.25) is 0 Å². The number of pyridine rings is 2. The Labute approximate surface area is 220 Å². The molecule has 5 aromatic rings. The molecule has 38 heavy (non-hydrogen) atoms. The van der Waals surface area contributed by atoms with Crippen LogP contribution in [-0.2, 0) is 0 Å². The first-order valence-electron chi connectivity index (χ1n) is 13.7. The lowest BCUT2D eigenvalue weighted by Gasteiger charge is -2.28. The molecule has 1 saturated carbocycles. The number of hydrogen-bond acceptors (Lipinski definition) is 7. The van der Waals surface area contributed by atoms with Gasteiger partial charge >= 0.3 is 0 Å². The van der Waals surface area contributed by atoms with Crippen molar-refractivity contribution in [2.75, 3.05) is 23.3 Å². The molecular weight excluding hydrogens is 476 g/mol. The van der Waals surface area contributed by atoms with E-state index in [1.165, 1.54) is 32.1 Å². The van der Waals surface area contributed by atoms with Crippen LogP contribution in [0.5, 0.6) is 0 Å². The predicted molar refractivity (Wildman–Crippen MR) is 150 cm³/mol. The predicted octanol–water partition coefficient (Wildman–Crippen LogP) is 5.47. The molecule has 1 aliphatic heterocycles. The number of H-pyrrole nitrogens is 2. The molecular formula is C29H32N8O. The lowest BCUT2D eigenvalue weighted by molar-refractivity contribution is 0.137. The van der Waals surface area contributed by atoms with Crippen molar-refractivity contribution in [3.8, 4) is 22.6 Å². The summed E-state index contributed by atoms with van der Waals surface area (Å²) in [6, 6.07) is 8.27. The lowest BCUT2D eigenvalue weighted by Crippen LogP contribution is -2.29. The van der Waals surface area contributed by atoms with Crippen molar-refractivity contribution >= 4 is 33.3 Å². The Morgan fingerprint density at radius 3 is 2.61 bits per heavy atom. The van der Waals surface area contributed by atoms with Crippen LogP contribution in [0.1, 0.15) is 44.9 Å². The van der Waals surface area contributed by atoms with E-state index < -0.39 is 6.23 Å². The van der Waals surface area contributed by atoms with Gasteiger partial charge in [-0.15, -0.1) is 0 Å². The summed E-state index contributed by atoms with van der Waals surface area (Å²) in [7, 11) is 0. The Morgan fingerprint density at radius 1 is 0.895 bits per heavy atom. The molecule has 0 spiro atoms. The highest BCUT2D eigenvalue weighted by atomic mass is 16.3. The van der Waals surface area contributed by atoms with E-state index in [9.17, 15) is 5.11 Å². The average Bonchev–Trinajstić information content (AvgIpc) is 3.73. The highest BCUT2D eigenvalue weighted by Crippen LogP contribution is 2.34. The first-order valence-corrected chi connectivity index (χ1v) is 13.7. The molecule has 1 aromatic carbocycles. The lowest BCUT2D eigenvalue weighted by atomic mass is 10.0. The van der Waals surface area contributed by atoms with Crippen molar-refractivity contribution in [1.82, 2.24) is 30.1 Å². The molecule has 4 aromatic heterocycles. The zero-order chi connectivity index (χ0) is 25.5. The number of nitrogens with one attached hydrogen (secondary N) is 3. The van der Waals surface area contributed by atoms with Gasteiger partial charge < -0.3 is 20.3 Å². The minimum absolute atomic E-state index is 0.304. The normalized spacial score (nSPS) is 17.4. The maximum atomic E-state index is 10.6. The molecule has 4 N–H and O–H groups in total. The third-order valence-electron chi connectivity index (χ3n) is 8.09. The summed E-state index contributed by atoms with van der Waals surface area (Å²) in [5.41, 5.74) is 7.48. The number of aromatic amines is 2. The van der Waals surface area contributed by atoms with Crippen LogP contribution >= 0.6 is 0 Å². The van der Waals surface area contributed by atoms with Gasteiger partial charge in [-0.25, -0.2) is 4.98 Å². The number of nitrogens with zero attached hydrogens (tertiary/aromatic N) is 5. The fourth-order valence-corrected chi connectivity index (χ4v) is 6.01. The molecule has 1 saturated heterocycles. The smallest absolute Gasteiger partial charge is 0.159 e. The minimum atomic E-state index is -0.546. The number of aromatic nitrogens is 6. The summed E-state index contributed by atoms with van der Waals surface area (Å²) in [6.07, 6.45) is 15.0. The Balaban J connectivity index is 1.22. The van der Waals surface area contributed by atoms with Crippen molar-refractivity contribution < 1.29 is 5.11 Å². The van der Waals surface area contributed by atoms with Crippen molar-refractivity contribution in [3.63, 3.8) is 0 Å². The number of imidazole rings is 1. The molecule has 194 valence electrons. The van der Waals surface area contributed by atoms with Gasteiger partial charge in [0, 0.05) is 36.2 Å². The molecule has 2 fully saturated rings. The molecule has 7 rings (SSSR count). The van der Waals surface area contributed by atoms with Crippen molar-refractivity contribution in [1.29, 1.82) is 0 Å². The highest BCUT2D eigenvalue weighted by molar-refractivity contribution is 5.97. The molecule has 0 bridgehead atoms. The van der Waals surface area contributed by atoms with Gasteiger partial charge in [0.25, 0.3) is 0 Å². The number of aliphatic hydroxyl groups is 1. The Hall–Kier alpha value is -3.98. The molecule has 0 radical (unpaired) electrons. The zero-order valence-corrected chi connectivity index (χ0v) is 21.3. The van der Waals surface area contributed by atoms with Crippen LogP contribution in [0.4, 0.5) is 11.4 Å². The van der Waals surface area contributed by atoms with Crippen LogP contribution in [-0.4, -0.2) is 54.6 Å². The summed E-state index contributed by atoms with van der Waals surface area (Å²) in [5.74, 6) is 1.03. The Bertz CT molecular complexity index is 1580. The van der Waals surface area contributed by atoms with Crippen LogP contribution in [0.25, 0.3) is 44.6 Å². The molecule has 9 nitrogen and oxygen atoms in total. The second kappa shape index (κ2) is 9.72. The van der Waals surface area contributed by atoms with E-state index in [0.717, 1.165) is 81.9 Å². The van der Waals surface area contributed by atoms with Gasteiger partial charge in [0.05, 0.1) is 41.0 Å². The van der Waals surface area contributed by atoms with Crippen molar-refractivity contribution in [2.45, 2.75) is 51.2 Å². The fraction of sp³-hybridized carbons (Fsp3) is 0.379. The van der Waals surface area contributed by atoms with Crippen LogP contribution in [0.3, 0.4) is 0 Å². The number of aliphatic hydroxyl groups excluding tert-OH is 1. The maximum absolute atomic E-state index is 10.6. The summed E-state index contributed by atoms with van der Waals surface area (Å²) in [5, 5.41) is 22.7. The minimum Gasteiger partial charge on any atom is -0.374 e. The fourth-order valence-electron chi connectivity index (χ4n) is 6.01. The molecule has 1 atom stereocenters. The number of anilines is 2. The van der Waals surface area contributed by atoms with Gasteiger partial charge in [-0.1, -0.05) is 18.9 Å². The van der Waals surface area contributed by atoms with E-state index in [-0.39, 0.29) is 0 Å². The standard InChI is InChI=1S/C29H32N8O/c38-29(18-6-2-3-7-18)32-21-12-20(14-30-15-21)19-8-9-23-22(13-19)26(36-35-23)28-33-24-16-31-17-25(27(24)34-28)37-10-4-1-5-11-37/h8-9,12-18,29,32,38H,1-7,10-11H2,(H,33,34)(H,35,36). The van der Waals surface area contributed by atoms with Crippen molar-refractivity contribution in [3.05, 3.63) is 49.1 Å². The molecule has 1 aliphatic carbocycles. The first kappa shape index (κ1) is 23.2. The van der Waals surface area contributed by atoms with Gasteiger partial charge in [-0.3, -0.25) is 15.1 Å². The summed E-state index contributed by atoms with van der Waals surface area (Å²) in [6.45, 7) is 2.08. The van der Waals surface area contributed by atoms with Gasteiger partial charge in [0.1, 0.15) is 17.4 Å². The number of hydrogen-bond donors (Lipinski definition) is 4.